The molecule has 1 aromatic carbocycles. The van der Waals surface area contributed by atoms with Gasteiger partial charge in [0.2, 0.25) is 0 Å². The zero-order chi connectivity index (χ0) is 17.0. The molecule has 3 unspecified atom stereocenters. The van der Waals surface area contributed by atoms with Crippen molar-refractivity contribution in [3.8, 4) is 5.75 Å². The Morgan fingerprint density at radius 2 is 2.22 bits per heavy atom. The molecule has 0 aromatic heterocycles. The second-order valence-corrected chi connectivity index (χ2v) is 6.56. The number of carbonyl (C=O) groups is 1. The number of ether oxygens (including phenoxy) is 1. The number of nitrogens with one attached hydrogen (secondary N) is 1. The molecule has 23 heavy (non-hydrogen) atoms. The fourth-order valence-electron chi connectivity index (χ4n) is 3.23. The summed E-state index contributed by atoms with van der Waals surface area (Å²) in [6, 6.07) is 5.68. The summed E-state index contributed by atoms with van der Waals surface area (Å²) in [7, 11) is 3.41. The molecule has 128 valence electrons. The van der Waals surface area contributed by atoms with Crippen LogP contribution in [-0.2, 0) is 0 Å². The van der Waals surface area contributed by atoms with Crippen LogP contribution in [0.5, 0.6) is 5.75 Å². The minimum Gasteiger partial charge on any atom is -0.496 e. The van der Waals surface area contributed by atoms with Crippen LogP contribution in [0.2, 0.25) is 0 Å². The van der Waals surface area contributed by atoms with Crippen LogP contribution >= 0.6 is 0 Å². The highest BCUT2D eigenvalue weighted by Gasteiger charge is 2.28. The molecule has 5 heteroatoms. The third kappa shape index (κ3) is 4.38. The zero-order valence-electron chi connectivity index (χ0n) is 14.5. The van der Waals surface area contributed by atoms with Crippen LogP contribution in [0.4, 0.5) is 4.79 Å². The first-order chi connectivity index (χ1) is 10.9. The average Bonchev–Trinajstić information content (AvgIpc) is 2.92. The molecule has 2 N–H and O–H groups in total. The van der Waals surface area contributed by atoms with E-state index in [1.54, 1.807) is 19.1 Å². The number of methoxy groups -OCH3 is 1. The largest absolute Gasteiger partial charge is 0.496 e. The monoisotopic (exact) mass is 320 g/mol. The van der Waals surface area contributed by atoms with Gasteiger partial charge in [0.25, 0.3) is 0 Å². The Morgan fingerprint density at radius 1 is 1.48 bits per heavy atom. The van der Waals surface area contributed by atoms with E-state index in [2.05, 4.69) is 5.32 Å². The number of benzene rings is 1. The number of hydrogen-bond donors (Lipinski definition) is 2. The lowest BCUT2D eigenvalue weighted by Crippen LogP contribution is -2.42. The molecule has 0 bridgehead atoms. The first kappa shape index (κ1) is 17.6. The van der Waals surface area contributed by atoms with Crippen molar-refractivity contribution in [3.63, 3.8) is 0 Å². The van der Waals surface area contributed by atoms with Gasteiger partial charge in [-0.05, 0) is 32.8 Å². The molecule has 2 rings (SSSR count). The summed E-state index contributed by atoms with van der Waals surface area (Å²) in [5.41, 5.74) is 2.10. The van der Waals surface area contributed by atoms with Gasteiger partial charge in [-0.3, -0.25) is 0 Å². The number of rotatable bonds is 5. The summed E-state index contributed by atoms with van der Waals surface area (Å²) in [6.07, 6.45) is 2.59. The molecular formula is C18H28N2O3. The highest BCUT2D eigenvalue weighted by Crippen LogP contribution is 2.27. The van der Waals surface area contributed by atoms with Gasteiger partial charge < -0.3 is 20.1 Å². The quantitative estimate of drug-likeness (QED) is 0.877. The summed E-state index contributed by atoms with van der Waals surface area (Å²) in [5.74, 6) is 0.965. The van der Waals surface area contributed by atoms with Crippen molar-refractivity contribution in [3.05, 3.63) is 29.3 Å². The van der Waals surface area contributed by atoms with Crippen molar-refractivity contribution in [1.82, 2.24) is 10.2 Å². The van der Waals surface area contributed by atoms with E-state index < -0.39 is 0 Å². The highest BCUT2D eigenvalue weighted by atomic mass is 16.5. The summed E-state index contributed by atoms with van der Waals surface area (Å²) in [6.45, 7) is 4.56. The first-order valence-corrected chi connectivity index (χ1v) is 8.26. The summed E-state index contributed by atoms with van der Waals surface area (Å²) < 4.78 is 5.39. The molecule has 5 nitrogen and oxygen atoms in total. The number of aliphatic hydroxyl groups excluding tert-OH is 1. The fourth-order valence-corrected chi connectivity index (χ4v) is 3.23. The summed E-state index contributed by atoms with van der Waals surface area (Å²) in [4.78, 5) is 14.1. The lowest BCUT2D eigenvalue weighted by Gasteiger charge is -2.26. The van der Waals surface area contributed by atoms with Crippen LogP contribution in [0.1, 0.15) is 43.4 Å². The summed E-state index contributed by atoms with van der Waals surface area (Å²) in [5, 5.41) is 12.9. The number of aliphatic hydroxyl groups is 1. The van der Waals surface area contributed by atoms with Crippen molar-refractivity contribution in [2.45, 2.75) is 45.3 Å². The fraction of sp³-hybridized carbons (Fsp3) is 0.611. The normalized spacial score (nSPS) is 21.8. The highest BCUT2D eigenvalue weighted by molar-refractivity contribution is 5.74. The number of urea groups is 1. The van der Waals surface area contributed by atoms with E-state index in [0.717, 1.165) is 36.1 Å². The minimum absolute atomic E-state index is 0.125. The molecule has 0 saturated heterocycles. The number of aryl methyl sites for hydroxylation is 1. The topological polar surface area (TPSA) is 61.8 Å². The van der Waals surface area contributed by atoms with Gasteiger partial charge in [-0.1, -0.05) is 24.1 Å². The molecule has 1 saturated carbocycles. The van der Waals surface area contributed by atoms with E-state index in [1.165, 1.54) is 0 Å². The van der Waals surface area contributed by atoms with Crippen LogP contribution in [-0.4, -0.2) is 42.8 Å². The molecule has 1 aliphatic rings. The summed E-state index contributed by atoms with van der Waals surface area (Å²) >= 11 is 0. The maximum Gasteiger partial charge on any atom is 0.317 e. The second-order valence-electron chi connectivity index (χ2n) is 6.56. The number of nitrogens with zero attached hydrogens (tertiary/aromatic N) is 1. The van der Waals surface area contributed by atoms with Crippen LogP contribution < -0.4 is 10.1 Å². The van der Waals surface area contributed by atoms with E-state index in [4.69, 9.17) is 4.74 Å². The van der Waals surface area contributed by atoms with Crippen LogP contribution in [0.15, 0.2) is 18.2 Å². The predicted octanol–water partition coefficient (Wildman–Crippen LogP) is 2.87. The molecule has 0 spiro atoms. The molecule has 1 aliphatic carbocycles. The van der Waals surface area contributed by atoms with Crippen LogP contribution in [0.25, 0.3) is 0 Å². The SMILES string of the molecule is COc1ccc(C)cc1C(C)NC(=O)N(C)CC1CCCC1O. The van der Waals surface area contributed by atoms with E-state index in [-0.39, 0.29) is 24.1 Å². The Labute approximate surface area is 138 Å². The van der Waals surface area contributed by atoms with E-state index in [0.29, 0.717) is 6.54 Å². The third-order valence-corrected chi connectivity index (χ3v) is 4.67. The Bertz CT molecular complexity index is 547. The van der Waals surface area contributed by atoms with Crippen molar-refractivity contribution < 1.29 is 14.6 Å². The van der Waals surface area contributed by atoms with Gasteiger partial charge in [-0.25, -0.2) is 4.79 Å². The van der Waals surface area contributed by atoms with Gasteiger partial charge in [-0.15, -0.1) is 0 Å². The zero-order valence-corrected chi connectivity index (χ0v) is 14.5. The predicted molar refractivity (Wildman–Crippen MR) is 90.7 cm³/mol. The maximum absolute atomic E-state index is 12.4. The standard InChI is InChI=1S/C18H28N2O3/c1-12-8-9-17(23-4)15(10-12)13(2)19-18(22)20(3)11-14-6-5-7-16(14)21/h8-10,13-14,16,21H,5-7,11H2,1-4H3,(H,19,22). The lowest BCUT2D eigenvalue weighted by molar-refractivity contribution is 0.113. The Hall–Kier alpha value is -1.75. The Balaban J connectivity index is 1.97. The van der Waals surface area contributed by atoms with Gasteiger partial charge >= 0.3 is 6.03 Å². The number of hydrogen-bond acceptors (Lipinski definition) is 3. The molecule has 1 aromatic rings. The molecule has 2 amide bonds. The number of carbonyl (C=O) groups excluding carboxylic acids is 1. The van der Waals surface area contributed by atoms with Crippen molar-refractivity contribution in [1.29, 1.82) is 0 Å². The molecule has 1 fully saturated rings. The van der Waals surface area contributed by atoms with Gasteiger partial charge in [-0.2, -0.15) is 0 Å². The second kappa shape index (κ2) is 7.68. The average molecular weight is 320 g/mol. The van der Waals surface area contributed by atoms with E-state index >= 15 is 0 Å². The lowest BCUT2D eigenvalue weighted by atomic mass is 10.0. The third-order valence-electron chi connectivity index (χ3n) is 4.67. The van der Waals surface area contributed by atoms with Crippen molar-refractivity contribution >= 4 is 6.03 Å². The molecule has 3 atom stereocenters. The maximum atomic E-state index is 12.4. The number of amides is 2. The van der Waals surface area contributed by atoms with E-state index in [9.17, 15) is 9.90 Å². The molecule has 0 radical (unpaired) electrons. The van der Waals surface area contributed by atoms with Crippen molar-refractivity contribution in [2.75, 3.05) is 20.7 Å². The minimum atomic E-state index is -0.278. The van der Waals surface area contributed by atoms with Gasteiger partial charge in [0, 0.05) is 25.1 Å². The smallest absolute Gasteiger partial charge is 0.317 e. The van der Waals surface area contributed by atoms with E-state index in [1.807, 2.05) is 32.0 Å². The van der Waals surface area contributed by atoms with Gasteiger partial charge in [0.15, 0.2) is 0 Å². The Kier molecular flexibility index (Phi) is 5.88. The van der Waals surface area contributed by atoms with Crippen LogP contribution in [0.3, 0.4) is 0 Å². The first-order valence-electron chi connectivity index (χ1n) is 8.26. The van der Waals surface area contributed by atoms with Crippen LogP contribution in [0, 0.1) is 12.8 Å². The van der Waals surface area contributed by atoms with Crippen molar-refractivity contribution in [2.24, 2.45) is 5.92 Å². The van der Waals surface area contributed by atoms with Gasteiger partial charge in [0.05, 0.1) is 19.3 Å². The molecule has 0 aliphatic heterocycles. The molecular weight excluding hydrogens is 292 g/mol. The van der Waals surface area contributed by atoms with Gasteiger partial charge in [0.1, 0.15) is 5.75 Å². The Morgan fingerprint density at radius 3 is 2.83 bits per heavy atom. The molecule has 0 heterocycles.